The van der Waals surface area contributed by atoms with Crippen LogP contribution in [0, 0.1) is 12.3 Å². The Morgan fingerprint density at radius 1 is 1.07 bits per heavy atom. The molecule has 2 rings (SSSR count). The van der Waals surface area contributed by atoms with E-state index in [1.165, 1.54) is 5.56 Å². The molecule has 0 saturated carbocycles. The zero-order valence-electron chi connectivity index (χ0n) is 16.8. The highest BCUT2D eigenvalue weighted by Gasteiger charge is 2.23. The average molecular weight is 403 g/mol. The second kappa shape index (κ2) is 9.01. The molecule has 0 unspecified atom stereocenters. The third kappa shape index (κ3) is 5.92. The highest BCUT2D eigenvalue weighted by atomic mass is 32.1. The number of rotatable bonds is 6. The minimum atomic E-state index is -0.588. The second-order valence-electron chi connectivity index (χ2n) is 7.50. The number of aryl methyl sites for hydroxylation is 2. The SMILES string of the molecule is CCc1ccc(NC(=O)COC(=O)c2sc(NC(=O)C(C)(C)C)cc2C)cc1. The number of hydrogen-bond donors (Lipinski definition) is 2. The first-order valence-electron chi connectivity index (χ1n) is 9.08. The van der Waals surface area contributed by atoms with Crippen LogP contribution in [-0.4, -0.2) is 24.4 Å². The maximum Gasteiger partial charge on any atom is 0.349 e. The maximum absolute atomic E-state index is 12.3. The molecule has 7 heteroatoms. The normalized spacial score (nSPS) is 11.0. The van der Waals surface area contributed by atoms with Crippen molar-refractivity contribution < 1.29 is 19.1 Å². The van der Waals surface area contributed by atoms with Crippen LogP contribution in [0.25, 0.3) is 0 Å². The van der Waals surface area contributed by atoms with E-state index in [-0.39, 0.29) is 12.5 Å². The molecular formula is C21H26N2O4S. The predicted octanol–water partition coefficient (Wildman–Crippen LogP) is 4.40. The van der Waals surface area contributed by atoms with Crippen molar-refractivity contribution in [2.24, 2.45) is 5.41 Å². The predicted molar refractivity (Wildman–Crippen MR) is 112 cm³/mol. The van der Waals surface area contributed by atoms with Gasteiger partial charge in [0.1, 0.15) is 4.88 Å². The first-order chi connectivity index (χ1) is 13.1. The summed E-state index contributed by atoms with van der Waals surface area (Å²) in [6.45, 7) is 8.87. The Bertz CT molecular complexity index is 864. The van der Waals surface area contributed by atoms with Crippen LogP contribution in [0.2, 0.25) is 0 Å². The molecule has 150 valence electrons. The molecular weight excluding hydrogens is 376 g/mol. The molecule has 0 bridgehead atoms. The van der Waals surface area contributed by atoms with E-state index in [4.69, 9.17) is 4.74 Å². The van der Waals surface area contributed by atoms with Gasteiger partial charge in [0.15, 0.2) is 6.61 Å². The van der Waals surface area contributed by atoms with Crippen LogP contribution in [0.1, 0.15) is 48.5 Å². The van der Waals surface area contributed by atoms with Crippen LogP contribution in [0.3, 0.4) is 0 Å². The van der Waals surface area contributed by atoms with Crippen molar-refractivity contribution in [3.05, 3.63) is 46.3 Å². The largest absolute Gasteiger partial charge is 0.451 e. The molecule has 0 saturated heterocycles. The van der Waals surface area contributed by atoms with E-state index < -0.39 is 17.3 Å². The summed E-state index contributed by atoms with van der Waals surface area (Å²) in [5.41, 5.74) is 1.98. The van der Waals surface area contributed by atoms with Crippen LogP contribution < -0.4 is 10.6 Å². The molecule has 2 N–H and O–H groups in total. The van der Waals surface area contributed by atoms with E-state index in [1.54, 1.807) is 13.0 Å². The first kappa shape index (κ1) is 21.6. The zero-order valence-corrected chi connectivity index (χ0v) is 17.7. The van der Waals surface area contributed by atoms with Gasteiger partial charge in [0.2, 0.25) is 5.91 Å². The summed E-state index contributed by atoms with van der Waals surface area (Å²) < 4.78 is 5.12. The Kier molecular flexibility index (Phi) is 6.96. The molecule has 2 aromatic rings. The van der Waals surface area contributed by atoms with E-state index >= 15 is 0 Å². The van der Waals surface area contributed by atoms with Crippen molar-refractivity contribution in [1.29, 1.82) is 0 Å². The van der Waals surface area contributed by atoms with Crippen molar-refractivity contribution in [1.82, 2.24) is 0 Å². The average Bonchev–Trinajstić information content (AvgIpc) is 3.00. The van der Waals surface area contributed by atoms with Crippen LogP contribution in [0.15, 0.2) is 30.3 Å². The molecule has 0 spiro atoms. The molecule has 6 nitrogen and oxygen atoms in total. The van der Waals surface area contributed by atoms with E-state index in [1.807, 2.05) is 45.0 Å². The van der Waals surface area contributed by atoms with Crippen molar-refractivity contribution >= 4 is 39.8 Å². The van der Waals surface area contributed by atoms with Crippen molar-refractivity contribution in [3.63, 3.8) is 0 Å². The fraction of sp³-hybridized carbons (Fsp3) is 0.381. The molecule has 0 atom stereocenters. The number of carbonyl (C=O) groups excluding carboxylic acids is 3. The first-order valence-corrected chi connectivity index (χ1v) is 9.89. The van der Waals surface area contributed by atoms with Crippen LogP contribution in [0.4, 0.5) is 10.7 Å². The van der Waals surface area contributed by atoms with Gasteiger partial charge in [-0.3, -0.25) is 9.59 Å². The zero-order chi connectivity index (χ0) is 20.9. The number of amides is 2. The summed E-state index contributed by atoms with van der Waals surface area (Å²) in [5.74, 6) is -1.13. The van der Waals surface area contributed by atoms with Gasteiger partial charge in [-0.15, -0.1) is 11.3 Å². The molecule has 1 aromatic heterocycles. The Morgan fingerprint density at radius 3 is 2.29 bits per heavy atom. The third-order valence-corrected chi connectivity index (χ3v) is 5.13. The summed E-state index contributed by atoms with van der Waals surface area (Å²) >= 11 is 1.13. The maximum atomic E-state index is 12.3. The molecule has 1 heterocycles. The number of carbonyl (C=O) groups is 3. The monoisotopic (exact) mass is 402 g/mol. The van der Waals surface area contributed by atoms with Gasteiger partial charge in [0, 0.05) is 11.1 Å². The second-order valence-corrected chi connectivity index (χ2v) is 8.55. The number of hydrogen-bond acceptors (Lipinski definition) is 5. The summed E-state index contributed by atoms with van der Waals surface area (Å²) in [7, 11) is 0. The highest BCUT2D eigenvalue weighted by Crippen LogP contribution is 2.29. The van der Waals surface area contributed by atoms with E-state index in [9.17, 15) is 14.4 Å². The van der Waals surface area contributed by atoms with Gasteiger partial charge in [-0.2, -0.15) is 0 Å². The number of ether oxygens (including phenoxy) is 1. The summed E-state index contributed by atoms with van der Waals surface area (Å²) in [6, 6.07) is 9.21. The van der Waals surface area contributed by atoms with Gasteiger partial charge >= 0.3 is 5.97 Å². The fourth-order valence-corrected chi connectivity index (χ4v) is 3.22. The summed E-state index contributed by atoms with van der Waals surface area (Å²) in [6.07, 6.45) is 0.921. The summed E-state index contributed by atoms with van der Waals surface area (Å²) in [4.78, 5) is 36.7. The third-order valence-electron chi connectivity index (χ3n) is 4.00. The molecule has 0 aliphatic carbocycles. The number of esters is 1. The topological polar surface area (TPSA) is 84.5 Å². The van der Waals surface area contributed by atoms with Crippen molar-refractivity contribution in [2.75, 3.05) is 17.2 Å². The van der Waals surface area contributed by atoms with Gasteiger partial charge in [-0.25, -0.2) is 4.79 Å². The molecule has 0 radical (unpaired) electrons. The Morgan fingerprint density at radius 2 is 1.71 bits per heavy atom. The highest BCUT2D eigenvalue weighted by molar-refractivity contribution is 7.18. The number of nitrogens with one attached hydrogen (secondary N) is 2. The summed E-state index contributed by atoms with van der Waals surface area (Å²) in [5, 5.41) is 6.06. The lowest BCUT2D eigenvalue weighted by Gasteiger charge is -2.16. The van der Waals surface area contributed by atoms with Gasteiger partial charge in [-0.1, -0.05) is 39.8 Å². The van der Waals surface area contributed by atoms with E-state index in [0.717, 1.165) is 17.8 Å². The fourth-order valence-electron chi connectivity index (χ4n) is 2.26. The Hall–Kier alpha value is -2.67. The van der Waals surface area contributed by atoms with Crippen LogP contribution in [0.5, 0.6) is 0 Å². The minimum Gasteiger partial charge on any atom is -0.451 e. The smallest absolute Gasteiger partial charge is 0.349 e. The van der Waals surface area contributed by atoms with E-state index in [0.29, 0.717) is 21.1 Å². The Labute approximate surface area is 169 Å². The minimum absolute atomic E-state index is 0.137. The lowest BCUT2D eigenvalue weighted by Crippen LogP contribution is -2.27. The Balaban J connectivity index is 1.91. The van der Waals surface area contributed by atoms with Gasteiger partial charge < -0.3 is 15.4 Å². The van der Waals surface area contributed by atoms with Gasteiger partial charge in [0.05, 0.1) is 5.00 Å². The molecule has 1 aromatic carbocycles. The van der Waals surface area contributed by atoms with Crippen LogP contribution >= 0.6 is 11.3 Å². The van der Waals surface area contributed by atoms with E-state index in [2.05, 4.69) is 17.6 Å². The lowest BCUT2D eigenvalue weighted by atomic mass is 9.96. The van der Waals surface area contributed by atoms with Gasteiger partial charge in [0.25, 0.3) is 5.91 Å². The van der Waals surface area contributed by atoms with Crippen LogP contribution in [-0.2, 0) is 20.7 Å². The molecule has 0 aliphatic heterocycles. The molecule has 2 amide bonds. The van der Waals surface area contributed by atoms with Crippen molar-refractivity contribution in [3.8, 4) is 0 Å². The quantitative estimate of drug-likeness (QED) is 0.702. The number of anilines is 2. The molecule has 0 fully saturated rings. The van der Waals surface area contributed by atoms with Gasteiger partial charge in [-0.05, 0) is 42.7 Å². The molecule has 28 heavy (non-hydrogen) atoms. The number of thiophene rings is 1. The standard InChI is InChI=1S/C21H26N2O4S/c1-6-14-7-9-15(10-8-14)22-16(24)12-27-19(25)18-13(2)11-17(28-18)23-20(26)21(3,4)5/h7-11H,6,12H2,1-5H3,(H,22,24)(H,23,26). The van der Waals surface area contributed by atoms with Crippen molar-refractivity contribution in [2.45, 2.75) is 41.0 Å². The lowest BCUT2D eigenvalue weighted by molar-refractivity contribution is -0.123. The molecule has 0 aliphatic rings. The number of benzene rings is 1.